The molecule has 0 aliphatic carbocycles. The van der Waals surface area contributed by atoms with Gasteiger partial charge in [-0.15, -0.1) is 11.3 Å². The van der Waals surface area contributed by atoms with Gasteiger partial charge in [0.2, 0.25) is 0 Å². The van der Waals surface area contributed by atoms with Gasteiger partial charge in [-0.2, -0.15) is 0 Å². The minimum atomic E-state index is -4.09. The van der Waals surface area contributed by atoms with Crippen LogP contribution in [-0.4, -0.2) is 31.5 Å². The Labute approximate surface area is 219 Å². The molecule has 0 amide bonds. The van der Waals surface area contributed by atoms with Crippen molar-refractivity contribution < 1.29 is 22.7 Å². The van der Waals surface area contributed by atoms with E-state index < -0.39 is 22.1 Å². The van der Waals surface area contributed by atoms with Crippen molar-refractivity contribution in [2.45, 2.75) is 31.8 Å². The summed E-state index contributed by atoms with van der Waals surface area (Å²) in [6.07, 6.45) is -0.889. The van der Waals surface area contributed by atoms with Crippen LogP contribution in [0.1, 0.15) is 39.7 Å². The molecule has 0 bridgehead atoms. The van der Waals surface area contributed by atoms with Crippen LogP contribution >= 0.6 is 27.3 Å². The zero-order chi connectivity index (χ0) is 26.2. The second-order valence-electron chi connectivity index (χ2n) is 7.94. The van der Waals surface area contributed by atoms with Crippen molar-refractivity contribution in [1.29, 1.82) is 0 Å². The molecule has 0 fully saturated rings. The van der Waals surface area contributed by atoms with Gasteiger partial charge in [-0.3, -0.25) is 9.52 Å². The van der Waals surface area contributed by atoms with Crippen LogP contribution in [0, 0.1) is 13.8 Å². The van der Waals surface area contributed by atoms with Crippen molar-refractivity contribution in [3.63, 3.8) is 0 Å². The summed E-state index contributed by atoms with van der Waals surface area (Å²) in [5.41, 5.74) is 0.886. The minimum Gasteiger partial charge on any atom is -0.495 e. The van der Waals surface area contributed by atoms with E-state index in [1.165, 1.54) is 36.6 Å². The third kappa shape index (κ3) is 5.15. The van der Waals surface area contributed by atoms with E-state index in [1.807, 2.05) is 13.8 Å². The first-order valence-corrected chi connectivity index (χ1v) is 13.8. The van der Waals surface area contributed by atoms with Gasteiger partial charge in [0.05, 0.1) is 18.1 Å². The molecule has 2 aromatic carbocycles. The lowest BCUT2D eigenvalue weighted by Crippen LogP contribution is -2.18. The zero-order valence-electron chi connectivity index (χ0n) is 19.7. The lowest BCUT2D eigenvalue weighted by molar-refractivity contribution is 0.0319. The number of hydrogen-bond acceptors (Lipinski definition) is 8. The summed E-state index contributed by atoms with van der Waals surface area (Å²) >= 11 is 4.69. The van der Waals surface area contributed by atoms with Gasteiger partial charge in [0.15, 0.2) is 11.9 Å². The van der Waals surface area contributed by atoms with Crippen LogP contribution in [0.4, 0.5) is 5.69 Å². The molecule has 2 heterocycles. The van der Waals surface area contributed by atoms with Crippen LogP contribution in [0.3, 0.4) is 0 Å². The summed E-state index contributed by atoms with van der Waals surface area (Å²) in [5.74, 6) is -0.531. The van der Waals surface area contributed by atoms with Crippen LogP contribution < -0.4 is 15.0 Å². The fourth-order valence-corrected chi connectivity index (χ4v) is 6.05. The fraction of sp³-hybridized carbons (Fsp3) is 0.208. The van der Waals surface area contributed by atoms with Gasteiger partial charge in [0, 0.05) is 15.0 Å². The quantitative estimate of drug-likeness (QED) is 0.286. The van der Waals surface area contributed by atoms with Crippen molar-refractivity contribution in [1.82, 2.24) is 9.97 Å². The second kappa shape index (κ2) is 10.0. The number of H-pyrrole nitrogens is 1. The predicted octanol–water partition coefficient (Wildman–Crippen LogP) is 5.09. The van der Waals surface area contributed by atoms with Gasteiger partial charge < -0.3 is 14.5 Å². The van der Waals surface area contributed by atoms with Crippen molar-refractivity contribution in [3.8, 4) is 5.75 Å². The average Bonchev–Trinajstić information content (AvgIpc) is 3.13. The first-order chi connectivity index (χ1) is 17.0. The van der Waals surface area contributed by atoms with Crippen molar-refractivity contribution in [2.24, 2.45) is 0 Å². The zero-order valence-corrected chi connectivity index (χ0v) is 22.9. The number of ether oxygens (including phenoxy) is 2. The Morgan fingerprint density at radius 1 is 1.17 bits per heavy atom. The van der Waals surface area contributed by atoms with E-state index in [9.17, 15) is 18.0 Å². The number of nitrogens with one attached hydrogen (secondary N) is 2. The molecule has 2 aromatic heterocycles. The number of fused-ring (bicyclic) bond motifs is 1. The first kappa shape index (κ1) is 25.9. The first-order valence-electron chi connectivity index (χ1n) is 10.7. The number of benzene rings is 2. The summed E-state index contributed by atoms with van der Waals surface area (Å²) in [7, 11) is -2.76. The Morgan fingerprint density at radius 2 is 1.86 bits per heavy atom. The highest BCUT2D eigenvalue weighted by molar-refractivity contribution is 9.10. The van der Waals surface area contributed by atoms with Crippen molar-refractivity contribution >= 4 is 59.2 Å². The van der Waals surface area contributed by atoms with Crippen molar-refractivity contribution in [3.05, 3.63) is 79.1 Å². The standard InChI is InChI=1S/C24H22BrN3O6S2/c1-12-14(3)35-23-20(12)22(29)26-21(27-23)13(2)34-24(30)15-5-10-18(33-4)19(11-15)36(31,32)28-17-8-6-16(25)7-9-17/h5-11,13,28H,1-4H3,(H,26,27,29). The molecular formula is C24H22BrN3O6S2. The molecule has 4 aromatic rings. The summed E-state index contributed by atoms with van der Waals surface area (Å²) in [4.78, 5) is 33.9. The number of halogens is 1. The molecule has 0 aliphatic rings. The number of carbonyl (C=O) groups is 1. The largest absolute Gasteiger partial charge is 0.495 e. The molecule has 188 valence electrons. The normalized spacial score (nSPS) is 12.4. The van der Waals surface area contributed by atoms with Gasteiger partial charge in [-0.25, -0.2) is 18.2 Å². The van der Waals surface area contributed by atoms with E-state index in [-0.39, 0.29) is 27.6 Å². The lowest BCUT2D eigenvalue weighted by atomic mass is 10.2. The van der Waals surface area contributed by atoms with E-state index >= 15 is 0 Å². The van der Waals surface area contributed by atoms with Gasteiger partial charge in [0.25, 0.3) is 15.6 Å². The third-order valence-corrected chi connectivity index (χ3v) is 8.54. The number of rotatable bonds is 7. The number of esters is 1. The highest BCUT2D eigenvalue weighted by Gasteiger charge is 2.24. The van der Waals surface area contributed by atoms with E-state index in [4.69, 9.17) is 9.47 Å². The van der Waals surface area contributed by atoms with E-state index in [2.05, 4.69) is 30.6 Å². The number of nitrogens with zero attached hydrogens (tertiary/aromatic N) is 1. The molecular weight excluding hydrogens is 570 g/mol. The van der Waals surface area contributed by atoms with Gasteiger partial charge in [-0.1, -0.05) is 15.9 Å². The molecule has 0 radical (unpaired) electrons. The van der Waals surface area contributed by atoms with Gasteiger partial charge >= 0.3 is 5.97 Å². The SMILES string of the molecule is COc1ccc(C(=O)OC(C)c2nc3sc(C)c(C)c3c(=O)[nH]2)cc1S(=O)(=O)Nc1ccc(Br)cc1. The third-order valence-electron chi connectivity index (χ3n) is 5.51. The molecule has 2 N–H and O–H groups in total. The molecule has 0 saturated heterocycles. The number of methoxy groups -OCH3 is 1. The molecule has 0 saturated carbocycles. The molecule has 12 heteroatoms. The number of sulfonamides is 1. The van der Waals surface area contributed by atoms with Crippen LogP contribution in [0.2, 0.25) is 0 Å². The number of aromatic amines is 1. The maximum atomic E-state index is 13.1. The Kier molecular flexibility index (Phi) is 7.21. The highest BCUT2D eigenvalue weighted by atomic mass is 79.9. The summed E-state index contributed by atoms with van der Waals surface area (Å²) < 4.78 is 40.1. The van der Waals surface area contributed by atoms with Crippen LogP contribution in [0.25, 0.3) is 10.2 Å². The number of carbonyl (C=O) groups excluding carboxylic acids is 1. The molecule has 1 atom stereocenters. The molecule has 1 unspecified atom stereocenters. The second-order valence-corrected chi connectivity index (χ2v) is 11.7. The van der Waals surface area contributed by atoms with Crippen molar-refractivity contribution in [2.75, 3.05) is 11.8 Å². The van der Waals surface area contributed by atoms with Gasteiger partial charge in [0.1, 0.15) is 15.5 Å². The number of aromatic nitrogens is 2. The Hall–Kier alpha value is -3.22. The van der Waals surface area contributed by atoms with E-state index in [1.54, 1.807) is 31.2 Å². The number of hydrogen-bond donors (Lipinski definition) is 2. The maximum absolute atomic E-state index is 13.1. The number of anilines is 1. The van der Waals surface area contributed by atoms with E-state index in [0.29, 0.717) is 15.9 Å². The lowest BCUT2D eigenvalue weighted by Gasteiger charge is -2.15. The number of aryl methyl sites for hydroxylation is 2. The van der Waals surface area contributed by atoms with E-state index in [0.717, 1.165) is 14.9 Å². The molecule has 9 nitrogen and oxygen atoms in total. The monoisotopic (exact) mass is 591 g/mol. The Balaban J connectivity index is 1.61. The smallest absolute Gasteiger partial charge is 0.338 e. The average molecular weight is 592 g/mol. The molecule has 4 rings (SSSR count). The van der Waals surface area contributed by atoms with Gasteiger partial charge in [-0.05, 0) is 68.8 Å². The Bertz CT molecular complexity index is 1630. The summed E-state index contributed by atoms with van der Waals surface area (Å²) in [5, 5.41) is 0.517. The topological polar surface area (TPSA) is 127 Å². The highest BCUT2D eigenvalue weighted by Crippen LogP contribution is 2.29. The van der Waals surface area contributed by atoms with Crippen LogP contribution in [-0.2, 0) is 14.8 Å². The summed E-state index contributed by atoms with van der Waals surface area (Å²) in [6.45, 7) is 5.34. The number of thiophene rings is 1. The predicted molar refractivity (Wildman–Crippen MR) is 141 cm³/mol. The Morgan fingerprint density at radius 3 is 2.53 bits per heavy atom. The summed E-state index contributed by atoms with van der Waals surface area (Å²) in [6, 6.07) is 10.5. The maximum Gasteiger partial charge on any atom is 0.338 e. The molecule has 36 heavy (non-hydrogen) atoms. The molecule has 0 spiro atoms. The minimum absolute atomic E-state index is 0.00920. The fourth-order valence-electron chi connectivity index (χ4n) is 3.49. The van der Waals surface area contributed by atoms with Crippen LogP contribution in [0.15, 0.2) is 56.6 Å². The van der Waals surface area contributed by atoms with Crippen LogP contribution in [0.5, 0.6) is 5.75 Å². The molecule has 0 aliphatic heterocycles.